The highest BCUT2D eigenvalue weighted by Crippen LogP contribution is 2.48. The second kappa shape index (κ2) is 4.86. The van der Waals surface area contributed by atoms with Crippen LogP contribution >= 0.6 is 12.6 Å². The van der Waals surface area contributed by atoms with Crippen molar-refractivity contribution in [1.29, 1.82) is 0 Å². The fourth-order valence-electron chi connectivity index (χ4n) is 3.02. The summed E-state index contributed by atoms with van der Waals surface area (Å²) in [5, 5.41) is 1.89. The number of likely N-dealkylation sites (tertiary alicyclic amines) is 2. The maximum Gasteiger partial charge on any atom is 0.214 e. The fraction of sp³-hybridized carbons (Fsp3) is 0.615. The van der Waals surface area contributed by atoms with Crippen LogP contribution in [-0.4, -0.2) is 42.9 Å². The number of thiol groups is 1. The topological polar surface area (TPSA) is 23.6 Å². The van der Waals surface area contributed by atoms with Crippen molar-refractivity contribution in [3.05, 3.63) is 22.8 Å². The molecule has 0 aromatic rings. The molecule has 2 fully saturated rings. The lowest BCUT2D eigenvalue weighted by molar-refractivity contribution is -0.116. The Hall–Kier alpha value is -0.740. The van der Waals surface area contributed by atoms with Gasteiger partial charge in [0.25, 0.3) is 0 Å². The quantitative estimate of drug-likeness (QED) is 0.569. The molecule has 17 heavy (non-hydrogen) atoms. The van der Waals surface area contributed by atoms with Crippen molar-refractivity contribution >= 4 is 19.0 Å². The number of carbonyl (C=O) groups is 1. The number of piperidine rings is 1. The van der Waals surface area contributed by atoms with Crippen LogP contribution in [0.4, 0.5) is 0 Å². The molecule has 0 bridgehead atoms. The van der Waals surface area contributed by atoms with Gasteiger partial charge in [-0.25, -0.2) is 0 Å². The number of carbonyl (C=O) groups excluding carboxylic acids is 1. The van der Waals surface area contributed by atoms with Crippen LogP contribution in [0.15, 0.2) is 22.8 Å². The van der Waals surface area contributed by atoms with E-state index in [1.165, 1.54) is 5.57 Å². The molecule has 0 unspecified atom stereocenters. The van der Waals surface area contributed by atoms with Crippen molar-refractivity contribution in [3.8, 4) is 0 Å². The maximum atomic E-state index is 11.2. The third-order valence-electron chi connectivity index (χ3n) is 4.10. The molecule has 0 atom stereocenters. The SMILES string of the molecule is C/C=C1\C(=C/S)C2(CCN(C)CC2)CN1C=O. The fourth-order valence-corrected chi connectivity index (χ4v) is 3.42. The molecule has 0 N–H and O–H groups in total. The smallest absolute Gasteiger partial charge is 0.214 e. The van der Waals surface area contributed by atoms with Gasteiger partial charge >= 0.3 is 0 Å². The van der Waals surface area contributed by atoms with Crippen molar-refractivity contribution in [3.63, 3.8) is 0 Å². The van der Waals surface area contributed by atoms with Crippen LogP contribution < -0.4 is 0 Å². The zero-order chi connectivity index (χ0) is 12.5. The molecule has 3 nitrogen and oxygen atoms in total. The van der Waals surface area contributed by atoms with Gasteiger partial charge in [-0.15, -0.1) is 0 Å². The predicted octanol–water partition coefficient (Wildman–Crippen LogP) is 1.89. The normalized spacial score (nSPS) is 29.5. The second-order valence-corrected chi connectivity index (χ2v) is 5.29. The average molecular weight is 252 g/mol. The maximum absolute atomic E-state index is 11.2. The molecule has 2 aliphatic heterocycles. The van der Waals surface area contributed by atoms with E-state index in [9.17, 15) is 4.79 Å². The van der Waals surface area contributed by atoms with E-state index >= 15 is 0 Å². The van der Waals surface area contributed by atoms with E-state index in [1.807, 2.05) is 23.3 Å². The zero-order valence-corrected chi connectivity index (χ0v) is 11.4. The average Bonchev–Trinajstić information content (AvgIpc) is 2.66. The molecule has 0 aromatic heterocycles. The van der Waals surface area contributed by atoms with Crippen LogP contribution in [-0.2, 0) is 4.79 Å². The Morgan fingerprint density at radius 3 is 2.47 bits per heavy atom. The molecule has 94 valence electrons. The van der Waals surface area contributed by atoms with Crippen LogP contribution in [0.25, 0.3) is 0 Å². The third kappa shape index (κ3) is 2.04. The van der Waals surface area contributed by atoms with E-state index in [0.29, 0.717) is 0 Å². The lowest BCUT2D eigenvalue weighted by Crippen LogP contribution is -2.40. The minimum absolute atomic E-state index is 0.136. The Balaban J connectivity index is 2.33. The highest BCUT2D eigenvalue weighted by molar-refractivity contribution is 7.83. The summed E-state index contributed by atoms with van der Waals surface area (Å²) in [6.45, 7) is 4.98. The van der Waals surface area contributed by atoms with Gasteiger partial charge in [-0.3, -0.25) is 4.79 Å². The predicted molar refractivity (Wildman–Crippen MR) is 72.8 cm³/mol. The minimum atomic E-state index is 0.136. The summed E-state index contributed by atoms with van der Waals surface area (Å²) in [5.41, 5.74) is 2.42. The third-order valence-corrected chi connectivity index (χ3v) is 4.36. The summed E-state index contributed by atoms with van der Waals surface area (Å²) in [4.78, 5) is 15.3. The molecule has 2 aliphatic rings. The molecular formula is C13H20N2OS. The Bertz CT molecular complexity index is 368. The molecule has 2 heterocycles. The van der Waals surface area contributed by atoms with Crippen molar-refractivity contribution in [2.45, 2.75) is 19.8 Å². The first-order chi connectivity index (χ1) is 8.16. The Labute approximate surface area is 109 Å². The summed E-state index contributed by atoms with van der Waals surface area (Å²) >= 11 is 4.36. The number of nitrogens with zero attached hydrogens (tertiary/aromatic N) is 2. The van der Waals surface area contributed by atoms with Crippen LogP contribution in [0, 0.1) is 5.41 Å². The standard InChI is InChI=1S/C13H20N2OS/c1-3-12-11(8-17)13(9-15(12)10-16)4-6-14(2)7-5-13/h3,8,10,17H,4-7,9H2,1-2H3/b11-8+,12-3+. The summed E-state index contributed by atoms with van der Waals surface area (Å²) in [6.07, 6.45) is 5.18. The van der Waals surface area contributed by atoms with Crippen LogP contribution in [0.5, 0.6) is 0 Å². The Kier molecular flexibility index (Phi) is 3.64. The minimum Gasteiger partial charge on any atom is -0.314 e. The molecule has 2 rings (SSSR count). The van der Waals surface area contributed by atoms with Crippen molar-refractivity contribution < 1.29 is 4.79 Å². The van der Waals surface area contributed by atoms with Gasteiger partial charge in [0, 0.05) is 17.7 Å². The highest BCUT2D eigenvalue weighted by atomic mass is 32.1. The van der Waals surface area contributed by atoms with Gasteiger partial charge in [-0.05, 0) is 50.9 Å². The van der Waals surface area contributed by atoms with Gasteiger partial charge in [0.1, 0.15) is 0 Å². The van der Waals surface area contributed by atoms with Gasteiger partial charge < -0.3 is 9.80 Å². The summed E-state index contributed by atoms with van der Waals surface area (Å²) in [5.74, 6) is 0. The van der Waals surface area contributed by atoms with Crippen LogP contribution in [0.2, 0.25) is 0 Å². The molecular weight excluding hydrogens is 232 g/mol. The van der Waals surface area contributed by atoms with Gasteiger partial charge in [0.05, 0.1) is 0 Å². The zero-order valence-electron chi connectivity index (χ0n) is 10.5. The molecule has 0 saturated carbocycles. The van der Waals surface area contributed by atoms with Crippen LogP contribution in [0.3, 0.4) is 0 Å². The monoisotopic (exact) mass is 252 g/mol. The number of allylic oxidation sites excluding steroid dienone is 2. The van der Waals surface area contributed by atoms with Crippen molar-refractivity contribution in [1.82, 2.24) is 9.80 Å². The first-order valence-corrected chi connectivity index (χ1v) is 6.60. The molecule has 2 saturated heterocycles. The first-order valence-electron chi connectivity index (χ1n) is 6.09. The lowest BCUT2D eigenvalue weighted by Gasteiger charge is -2.38. The summed E-state index contributed by atoms with van der Waals surface area (Å²) in [6, 6.07) is 0. The molecule has 1 spiro atoms. The van der Waals surface area contributed by atoms with Gasteiger partial charge in [-0.2, -0.15) is 12.6 Å². The first kappa shape index (κ1) is 12.7. The van der Waals surface area contributed by atoms with E-state index in [-0.39, 0.29) is 5.41 Å². The molecule has 1 amide bonds. The summed E-state index contributed by atoms with van der Waals surface area (Å²) < 4.78 is 0. The van der Waals surface area contributed by atoms with Crippen LogP contribution in [0.1, 0.15) is 19.8 Å². The van der Waals surface area contributed by atoms with E-state index in [0.717, 1.165) is 44.6 Å². The molecule has 0 radical (unpaired) electrons. The number of hydrogen-bond donors (Lipinski definition) is 1. The number of hydrogen-bond acceptors (Lipinski definition) is 3. The van der Waals surface area contributed by atoms with Gasteiger partial charge in [0.15, 0.2) is 0 Å². The lowest BCUT2D eigenvalue weighted by atomic mass is 9.74. The number of amides is 1. The van der Waals surface area contributed by atoms with E-state index in [1.54, 1.807) is 0 Å². The summed E-state index contributed by atoms with van der Waals surface area (Å²) in [7, 11) is 2.15. The second-order valence-electron chi connectivity index (χ2n) is 5.03. The molecule has 0 aliphatic carbocycles. The number of rotatable bonds is 1. The van der Waals surface area contributed by atoms with E-state index in [2.05, 4.69) is 24.6 Å². The van der Waals surface area contributed by atoms with Gasteiger partial charge in [-0.1, -0.05) is 6.08 Å². The Morgan fingerprint density at radius 1 is 1.35 bits per heavy atom. The molecule has 0 aromatic carbocycles. The van der Waals surface area contributed by atoms with Crippen molar-refractivity contribution in [2.75, 3.05) is 26.7 Å². The van der Waals surface area contributed by atoms with E-state index < -0.39 is 0 Å². The van der Waals surface area contributed by atoms with Gasteiger partial charge in [0.2, 0.25) is 6.41 Å². The largest absolute Gasteiger partial charge is 0.314 e. The van der Waals surface area contributed by atoms with E-state index in [4.69, 9.17) is 0 Å². The van der Waals surface area contributed by atoms with Crippen molar-refractivity contribution in [2.24, 2.45) is 5.41 Å². The Morgan fingerprint density at radius 2 is 2.00 bits per heavy atom. The highest BCUT2D eigenvalue weighted by Gasteiger charge is 2.45. The molecule has 4 heteroatoms.